The molecule has 1 aromatic rings. The third-order valence-electron chi connectivity index (χ3n) is 1.95. The fourth-order valence-electron chi connectivity index (χ4n) is 1.14. The zero-order valence-electron chi connectivity index (χ0n) is 7.68. The van der Waals surface area contributed by atoms with Crippen LogP contribution in [0.5, 0.6) is 0 Å². The van der Waals surface area contributed by atoms with E-state index in [0.29, 0.717) is 5.56 Å². The van der Waals surface area contributed by atoms with Gasteiger partial charge < -0.3 is 10.2 Å². The average molecular weight is 320 g/mol. The predicted octanol–water partition coefficient (Wildman–Crippen LogP) is 1.62. The van der Waals surface area contributed by atoms with Crippen molar-refractivity contribution in [1.82, 2.24) is 0 Å². The van der Waals surface area contributed by atoms with Gasteiger partial charge in [-0.1, -0.05) is 12.1 Å². The second kappa shape index (κ2) is 5.11. The van der Waals surface area contributed by atoms with E-state index in [0.717, 1.165) is 3.57 Å². The summed E-state index contributed by atoms with van der Waals surface area (Å²) in [4.78, 5) is 21.3. The summed E-state index contributed by atoms with van der Waals surface area (Å²) in [7, 11) is 0. The summed E-state index contributed by atoms with van der Waals surface area (Å²) in [6.45, 7) is 0. The molecule has 0 unspecified atom stereocenters. The number of carboxylic acids is 2. The number of hydrogen-bond acceptors (Lipinski definition) is 2. The van der Waals surface area contributed by atoms with Crippen LogP contribution < -0.4 is 0 Å². The number of aliphatic carboxylic acids is 2. The first-order valence-electron chi connectivity index (χ1n) is 4.20. The highest BCUT2D eigenvalue weighted by Gasteiger charge is 2.25. The van der Waals surface area contributed by atoms with Crippen molar-refractivity contribution in [1.29, 1.82) is 0 Å². The zero-order valence-corrected chi connectivity index (χ0v) is 9.84. The Kier molecular flexibility index (Phi) is 4.07. The number of carboxylic acid groups (broad SMARTS) is 2. The van der Waals surface area contributed by atoms with Crippen LogP contribution in [0.4, 0.5) is 0 Å². The fraction of sp³-hybridized carbons (Fsp3) is 0.200. The van der Waals surface area contributed by atoms with Gasteiger partial charge in [-0.3, -0.25) is 9.59 Å². The smallest absolute Gasteiger partial charge is 0.318 e. The molecule has 0 saturated heterocycles. The van der Waals surface area contributed by atoms with Crippen LogP contribution in [0, 0.1) is 9.49 Å². The van der Waals surface area contributed by atoms with E-state index in [1.807, 2.05) is 12.1 Å². The van der Waals surface area contributed by atoms with Crippen LogP contribution in [0.25, 0.3) is 0 Å². The average Bonchev–Trinajstić information content (AvgIpc) is 2.15. The zero-order chi connectivity index (χ0) is 11.4. The maximum Gasteiger partial charge on any atom is 0.318 e. The summed E-state index contributed by atoms with van der Waals surface area (Å²) in [5.41, 5.74) is 0.713. The van der Waals surface area contributed by atoms with E-state index in [1.165, 1.54) is 0 Å². The van der Waals surface area contributed by atoms with Crippen molar-refractivity contribution in [2.75, 3.05) is 0 Å². The van der Waals surface area contributed by atoms with Crippen molar-refractivity contribution in [3.8, 4) is 0 Å². The standard InChI is InChI=1S/C10H9IO4/c11-7-3-1-6(2-4-7)5-8(9(12)13)10(14)15/h1-4,8H,5H2,(H,12,13)(H,14,15). The Balaban J connectivity index is 2.79. The normalized spacial score (nSPS) is 10.3. The molecule has 0 radical (unpaired) electrons. The lowest BCUT2D eigenvalue weighted by Gasteiger charge is -2.06. The molecule has 0 atom stereocenters. The molecule has 1 rings (SSSR count). The van der Waals surface area contributed by atoms with E-state index in [-0.39, 0.29) is 6.42 Å². The second-order valence-electron chi connectivity index (χ2n) is 3.06. The van der Waals surface area contributed by atoms with Gasteiger partial charge >= 0.3 is 11.9 Å². The third-order valence-corrected chi connectivity index (χ3v) is 2.67. The molecule has 0 aliphatic carbocycles. The van der Waals surface area contributed by atoms with Crippen molar-refractivity contribution in [3.05, 3.63) is 33.4 Å². The van der Waals surface area contributed by atoms with Gasteiger partial charge in [0, 0.05) is 3.57 Å². The van der Waals surface area contributed by atoms with Crippen LogP contribution in [-0.4, -0.2) is 22.2 Å². The van der Waals surface area contributed by atoms with Crippen molar-refractivity contribution in [2.24, 2.45) is 5.92 Å². The number of hydrogen-bond donors (Lipinski definition) is 2. The van der Waals surface area contributed by atoms with E-state index in [2.05, 4.69) is 22.6 Å². The van der Waals surface area contributed by atoms with Crippen LogP contribution in [0.15, 0.2) is 24.3 Å². The molecule has 4 nitrogen and oxygen atoms in total. The van der Waals surface area contributed by atoms with Gasteiger partial charge in [-0.15, -0.1) is 0 Å². The van der Waals surface area contributed by atoms with Crippen LogP contribution >= 0.6 is 22.6 Å². The Hall–Kier alpha value is -1.11. The molecule has 0 aromatic heterocycles. The molecule has 80 valence electrons. The first kappa shape index (κ1) is 12.0. The molecule has 0 fully saturated rings. The lowest BCUT2D eigenvalue weighted by Crippen LogP contribution is -2.25. The summed E-state index contributed by atoms with van der Waals surface area (Å²) in [6.07, 6.45) is 0.0155. The maximum absolute atomic E-state index is 10.6. The molecule has 0 heterocycles. The topological polar surface area (TPSA) is 74.6 Å². The van der Waals surface area contributed by atoms with E-state index < -0.39 is 17.9 Å². The Morgan fingerprint density at radius 1 is 1.13 bits per heavy atom. The van der Waals surface area contributed by atoms with E-state index in [1.54, 1.807) is 12.1 Å². The highest BCUT2D eigenvalue weighted by atomic mass is 127. The van der Waals surface area contributed by atoms with E-state index in [9.17, 15) is 9.59 Å². The van der Waals surface area contributed by atoms with E-state index in [4.69, 9.17) is 10.2 Å². The van der Waals surface area contributed by atoms with Crippen molar-refractivity contribution in [2.45, 2.75) is 6.42 Å². The summed E-state index contributed by atoms with van der Waals surface area (Å²) in [5, 5.41) is 17.4. The fourth-order valence-corrected chi connectivity index (χ4v) is 1.50. The van der Waals surface area contributed by atoms with Gasteiger partial charge in [0.1, 0.15) is 0 Å². The number of halogens is 1. The Labute approximate surface area is 100 Å². The Morgan fingerprint density at radius 3 is 2.00 bits per heavy atom. The maximum atomic E-state index is 10.6. The predicted molar refractivity (Wildman–Crippen MR) is 61.6 cm³/mol. The van der Waals surface area contributed by atoms with Gasteiger partial charge in [0.15, 0.2) is 5.92 Å². The summed E-state index contributed by atoms with van der Waals surface area (Å²) < 4.78 is 1.03. The summed E-state index contributed by atoms with van der Waals surface area (Å²) in [6, 6.07) is 7.11. The molecule has 0 spiro atoms. The lowest BCUT2D eigenvalue weighted by molar-refractivity contribution is -0.154. The molecule has 0 aliphatic heterocycles. The SMILES string of the molecule is O=C(O)C(Cc1ccc(I)cc1)C(=O)O. The van der Waals surface area contributed by atoms with Gasteiger partial charge in [-0.2, -0.15) is 0 Å². The first-order valence-corrected chi connectivity index (χ1v) is 5.28. The van der Waals surface area contributed by atoms with Crippen molar-refractivity contribution in [3.63, 3.8) is 0 Å². The quantitative estimate of drug-likeness (QED) is 0.653. The molecule has 2 N–H and O–H groups in total. The molecule has 15 heavy (non-hydrogen) atoms. The van der Waals surface area contributed by atoms with Gasteiger partial charge in [0.25, 0.3) is 0 Å². The van der Waals surface area contributed by atoms with Gasteiger partial charge in [-0.25, -0.2) is 0 Å². The van der Waals surface area contributed by atoms with Crippen LogP contribution in [0.1, 0.15) is 5.56 Å². The number of benzene rings is 1. The Bertz CT molecular complexity index is 358. The monoisotopic (exact) mass is 320 g/mol. The lowest BCUT2D eigenvalue weighted by atomic mass is 10.00. The molecular weight excluding hydrogens is 311 g/mol. The summed E-state index contributed by atoms with van der Waals surface area (Å²) in [5.74, 6) is -3.98. The van der Waals surface area contributed by atoms with Gasteiger partial charge in [0.2, 0.25) is 0 Å². The van der Waals surface area contributed by atoms with Crippen LogP contribution in [0.3, 0.4) is 0 Å². The molecule has 0 saturated carbocycles. The largest absolute Gasteiger partial charge is 0.481 e. The summed E-state index contributed by atoms with van der Waals surface area (Å²) >= 11 is 2.12. The minimum Gasteiger partial charge on any atom is -0.481 e. The van der Waals surface area contributed by atoms with Crippen molar-refractivity contribution >= 4 is 34.5 Å². The first-order chi connectivity index (χ1) is 7.00. The minimum atomic E-state index is -1.37. The molecule has 1 aromatic carbocycles. The molecule has 0 amide bonds. The highest BCUT2D eigenvalue weighted by molar-refractivity contribution is 14.1. The number of rotatable bonds is 4. The Morgan fingerprint density at radius 2 is 1.60 bits per heavy atom. The van der Waals surface area contributed by atoms with E-state index >= 15 is 0 Å². The molecular formula is C10H9IO4. The molecule has 5 heteroatoms. The van der Waals surface area contributed by atoms with Crippen LogP contribution in [-0.2, 0) is 16.0 Å². The second-order valence-corrected chi connectivity index (χ2v) is 4.31. The van der Waals surface area contributed by atoms with Crippen molar-refractivity contribution < 1.29 is 19.8 Å². The molecule has 0 bridgehead atoms. The van der Waals surface area contributed by atoms with Gasteiger partial charge in [0.05, 0.1) is 0 Å². The minimum absolute atomic E-state index is 0.0155. The third kappa shape index (κ3) is 3.50. The van der Waals surface area contributed by atoms with Crippen LogP contribution in [0.2, 0.25) is 0 Å². The number of carbonyl (C=O) groups is 2. The van der Waals surface area contributed by atoms with Gasteiger partial charge in [-0.05, 0) is 46.7 Å². The molecule has 0 aliphatic rings. The highest BCUT2D eigenvalue weighted by Crippen LogP contribution is 2.12.